The molecule has 2 radical (unpaired) electrons. The van der Waals surface area contributed by atoms with Crippen molar-refractivity contribution in [1.29, 1.82) is 0 Å². The second kappa shape index (κ2) is 7.54. The summed E-state index contributed by atoms with van der Waals surface area (Å²) in [6, 6.07) is 2.67. The van der Waals surface area contributed by atoms with Gasteiger partial charge in [0, 0.05) is 10.8 Å². The van der Waals surface area contributed by atoms with E-state index < -0.39 is 39.3 Å². The van der Waals surface area contributed by atoms with Crippen molar-refractivity contribution >= 4 is 59.6 Å². The van der Waals surface area contributed by atoms with Gasteiger partial charge >= 0.3 is 14.0 Å². The van der Waals surface area contributed by atoms with Crippen molar-refractivity contribution in [3.8, 4) is 0 Å². The number of rotatable bonds is 5. The molecule has 1 aromatic heterocycles. The maximum Gasteiger partial charge on any atom is 0.378 e. The molecule has 0 spiro atoms. The number of fused-ring (bicyclic) bond motifs is 1. The van der Waals surface area contributed by atoms with E-state index in [1.54, 1.807) is 6.92 Å². The first-order valence-electron chi connectivity index (χ1n) is 7.65. The molecule has 4 atom stereocenters. The smallest absolute Gasteiger partial charge is 0.378 e. The van der Waals surface area contributed by atoms with Crippen LogP contribution in [0.3, 0.4) is 0 Å². The Bertz CT molecular complexity index is 813. The van der Waals surface area contributed by atoms with E-state index >= 15 is 0 Å². The number of carbonyl (C=O) groups is 3. The van der Waals surface area contributed by atoms with Gasteiger partial charge in [-0.05, 0) is 23.9 Å². The summed E-state index contributed by atoms with van der Waals surface area (Å²) in [5.41, 5.74) is 0.238. The van der Waals surface area contributed by atoms with Crippen LogP contribution in [0.15, 0.2) is 28.8 Å². The Kier molecular flexibility index (Phi) is 5.54. The van der Waals surface area contributed by atoms with Crippen molar-refractivity contribution in [2.24, 2.45) is 0 Å². The van der Waals surface area contributed by atoms with Gasteiger partial charge < -0.3 is 9.97 Å². The molecular weight excluding hydrogens is 399 g/mol. The maximum atomic E-state index is 12.8. The fourth-order valence-electron chi connectivity index (χ4n) is 3.02. The average molecular weight is 413 g/mol. The molecule has 3 rings (SSSR count). The standard InChI is InChI=1S/C15H14BClN2O5S2/c1-7-9(6-17)12(15(22)24-16)19-13(21)11(14(19)26(7)23)18-10(20)5-8-3-2-4-25-8/h2-4,7,11,14H,5-6H2,1H3,(H,18,20)/t7-,11-,14-,26?/m1/s1. The van der Waals surface area contributed by atoms with Crippen molar-refractivity contribution in [1.82, 2.24) is 10.2 Å². The van der Waals surface area contributed by atoms with Crippen LogP contribution in [0.5, 0.6) is 0 Å². The van der Waals surface area contributed by atoms with Crippen molar-refractivity contribution < 1.29 is 23.2 Å². The van der Waals surface area contributed by atoms with Crippen molar-refractivity contribution in [2.45, 2.75) is 30.0 Å². The summed E-state index contributed by atoms with van der Waals surface area (Å²) in [5.74, 6) is -1.92. The zero-order chi connectivity index (χ0) is 19.0. The number of hydrogen-bond donors (Lipinski definition) is 1. The lowest BCUT2D eigenvalue weighted by Gasteiger charge is -2.50. The van der Waals surface area contributed by atoms with Crippen LogP contribution in [0.4, 0.5) is 0 Å². The number of thiophene rings is 1. The van der Waals surface area contributed by atoms with E-state index in [1.165, 1.54) is 11.3 Å². The molecule has 2 amide bonds. The minimum absolute atomic E-state index is 0.0895. The zero-order valence-corrected chi connectivity index (χ0v) is 16.0. The molecule has 7 nitrogen and oxygen atoms in total. The summed E-state index contributed by atoms with van der Waals surface area (Å²) in [6.07, 6.45) is 0.122. The predicted octanol–water partition coefficient (Wildman–Crippen LogP) is 0.214. The molecule has 11 heteroatoms. The van der Waals surface area contributed by atoms with Gasteiger partial charge in [0.1, 0.15) is 17.1 Å². The summed E-state index contributed by atoms with van der Waals surface area (Å²) in [6.45, 7) is 1.64. The quantitative estimate of drug-likeness (QED) is 0.424. The monoisotopic (exact) mass is 412 g/mol. The number of nitrogens with zero attached hydrogens (tertiary/aromatic N) is 1. The lowest BCUT2D eigenvalue weighted by Crippen LogP contribution is -2.74. The van der Waals surface area contributed by atoms with E-state index in [4.69, 9.17) is 19.7 Å². The van der Waals surface area contributed by atoms with Gasteiger partial charge in [0.25, 0.3) is 5.91 Å². The van der Waals surface area contributed by atoms with Gasteiger partial charge in [-0.2, -0.15) is 0 Å². The summed E-state index contributed by atoms with van der Waals surface area (Å²) < 4.78 is 17.0. The Morgan fingerprint density at radius 1 is 1.50 bits per heavy atom. The largest absolute Gasteiger partial charge is 0.539 e. The van der Waals surface area contributed by atoms with Crippen LogP contribution in [-0.4, -0.2) is 57.5 Å². The van der Waals surface area contributed by atoms with Gasteiger partial charge in [-0.25, -0.2) is 4.79 Å². The Morgan fingerprint density at radius 3 is 2.81 bits per heavy atom. The first-order chi connectivity index (χ1) is 12.4. The Labute approximate surface area is 162 Å². The summed E-state index contributed by atoms with van der Waals surface area (Å²) >= 11 is 7.30. The van der Waals surface area contributed by atoms with Crippen molar-refractivity contribution in [3.63, 3.8) is 0 Å². The van der Waals surface area contributed by atoms with E-state index in [0.717, 1.165) is 9.78 Å². The van der Waals surface area contributed by atoms with Gasteiger partial charge in [-0.3, -0.25) is 18.7 Å². The third-order valence-corrected chi connectivity index (χ3v) is 7.45. The highest BCUT2D eigenvalue weighted by atomic mass is 35.5. The molecule has 1 N–H and O–H groups in total. The zero-order valence-electron chi connectivity index (χ0n) is 13.6. The summed E-state index contributed by atoms with van der Waals surface area (Å²) in [4.78, 5) is 38.7. The molecule has 1 unspecified atom stereocenters. The SMILES string of the molecule is [B]OC(=O)C1=C(CCl)[C@@H](C)S(=O)[C@@H]2[C@H](NC(=O)Cc3cccs3)C(=O)N12. The highest BCUT2D eigenvalue weighted by Gasteiger charge is 2.58. The summed E-state index contributed by atoms with van der Waals surface area (Å²) in [5, 5.41) is 3.02. The number of amides is 2. The first-order valence-corrected chi connectivity index (χ1v) is 10.3. The van der Waals surface area contributed by atoms with E-state index in [2.05, 4.69) is 9.97 Å². The second-order valence-corrected chi connectivity index (χ2v) is 8.93. The van der Waals surface area contributed by atoms with Gasteiger partial charge in [-0.15, -0.1) is 22.9 Å². The van der Waals surface area contributed by atoms with Crippen LogP contribution in [-0.2, 0) is 36.3 Å². The van der Waals surface area contributed by atoms with Crippen LogP contribution in [0.2, 0.25) is 0 Å². The second-order valence-electron chi connectivity index (χ2n) is 5.78. The fourth-order valence-corrected chi connectivity index (χ4v) is 5.94. The van der Waals surface area contributed by atoms with E-state index in [0.29, 0.717) is 5.57 Å². The number of β-lactam (4-membered cyclic amide) rings is 1. The van der Waals surface area contributed by atoms with Gasteiger partial charge in [0.05, 0.1) is 22.5 Å². The predicted molar refractivity (Wildman–Crippen MR) is 97.8 cm³/mol. The normalized spacial score (nSPS) is 27.6. The maximum absolute atomic E-state index is 12.8. The Hall–Kier alpha value is -1.65. The Morgan fingerprint density at radius 2 is 2.23 bits per heavy atom. The van der Waals surface area contributed by atoms with Crippen LogP contribution in [0.1, 0.15) is 11.8 Å². The molecule has 0 saturated carbocycles. The molecule has 136 valence electrons. The van der Waals surface area contributed by atoms with Crippen LogP contribution in [0, 0.1) is 0 Å². The average Bonchev–Trinajstić information content (AvgIpc) is 3.13. The van der Waals surface area contributed by atoms with E-state index in [9.17, 15) is 18.6 Å². The van der Waals surface area contributed by atoms with Crippen LogP contribution >= 0.6 is 22.9 Å². The third kappa shape index (κ3) is 3.10. The Balaban J connectivity index is 1.83. The first kappa shape index (κ1) is 19.1. The number of carbonyl (C=O) groups excluding carboxylic acids is 3. The van der Waals surface area contributed by atoms with Gasteiger partial charge in [-0.1, -0.05) is 6.07 Å². The molecule has 2 aliphatic rings. The fraction of sp³-hybridized carbons (Fsp3) is 0.400. The van der Waals surface area contributed by atoms with Gasteiger partial charge in [0.15, 0.2) is 0 Å². The molecule has 1 fully saturated rings. The molecular formula is C15H14BClN2O5S2. The van der Waals surface area contributed by atoms with Crippen LogP contribution in [0.25, 0.3) is 0 Å². The molecule has 26 heavy (non-hydrogen) atoms. The molecule has 1 saturated heterocycles. The molecule has 2 aliphatic heterocycles. The van der Waals surface area contributed by atoms with Crippen LogP contribution < -0.4 is 5.32 Å². The van der Waals surface area contributed by atoms with Crippen molar-refractivity contribution in [2.75, 3.05) is 5.88 Å². The molecule has 0 aromatic carbocycles. The lowest BCUT2D eigenvalue weighted by molar-refractivity contribution is -0.150. The van der Waals surface area contributed by atoms with E-state index in [-0.39, 0.29) is 23.9 Å². The number of hydrogen-bond acceptors (Lipinski definition) is 6. The molecule has 1 aromatic rings. The highest BCUT2D eigenvalue weighted by Crippen LogP contribution is 2.38. The minimum atomic E-state index is -1.55. The summed E-state index contributed by atoms with van der Waals surface area (Å²) in [7, 11) is 3.41. The lowest BCUT2D eigenvalue weighted by atomic mass is 10.0. The molecule has 0 bridgehead atoms. The number of nitrogens with one attached hydrogen (secondary N) is 1. The number of alkyl halides is 1. The third-order valence-electron chi connectivity index (χ3n) is 4.34. The van der Waals surface area contributed by atoms with E-state index in [1.807, 2.05) is 17.5 Å². The minimum Gasteiger partial charge on any atom is -0.539 e. The number of halogens is 1. The molecule has 0 aliphatic carbocycles. The van der Waals surface area contributed by atoms with Crippen molar-refractivity contribution in [3.05, 3.63) is 33.7 Å². The topological polar surface area (TPSA) is 92.8 Å². The van der Waals surface area contributed by atoms with Gasteiger partial charge in [0.2, 0.25) is 5.91 Å². The molecule has 3 heterocycles. The highest BCUT2D eigenvalue weighted by molar-refractivity contribution is 7.86.